The molecular formula is C57H39N3. The van der Waals surface area contributed by atoms with Gasteiger partial charge >= 0.3 is 0 Å². The molecule has 0 atom stereocenters. The Kier molecular flexibility index (Phi) is 6.78. The lowest BCUT2D eigenvalue weighted by Crippen LogP contribution is -2.16. The Morgan fingerprint density at radius 3 is 1.07 bits per heavy atom. The second-order valence-electron chi connectivity index (χ2n) is 17.0. The first-order valence-corrected chi connectivity index (χ1v) is 20.9. The van der Waals surface area contributed by atoms with E-state index < -0.39 is 0 Å². The van der Waals surface area contributed by atoms with E-state index in [0.29, 0.717) is 0 Å². The van der Waals surface area contributed by atoms with Crippen molar-refractivity contribution in [1.82, 2.24) is 13.7 Å². The Labute approximate surface area is 347 Å². The molecule has 9 aromatic carbocycles. The van der Waals surface area contributed by atoms with E-state index in [1.165, 1.54) is 116 Å². The van der Waals surface area contributed by atoms with Gasteiger partial charge in [-0.1, -0.05) is 129 Å². The highest BCUT2D eigenvalue weighted by molar-refractivity contribution is 6.13. The molecule has 3 aromatic heterocycles. The predicted molar refractivity (Wildman–Crippen MR) is 252 cm³/mol. The highest BCUT2D eigenvalue weighted by atomic mass is 15.0. The molecule has 282 valence electrons. The van der Waals surface area contributed by atoms with E-state index >= 15 is 0 Å². The van der Waals surface area contributed by atoms with Crippen LogP contribution in [0.25, 0.3) is 105 Å². The smallest absolute Gasteiger partial charge is 0.0541 e. The molecule has 1 aliphatic carbocycles. The molecule has 0 amide bonds. The second-order valence-corrected chi connectivity index (χ2v) is 17.0. The van der Waals surface area contributed by atoms with Crippen LogP contribution in [0.3, 0.4) is 0 Å². The lowest BCUT2D eigenvalue weighted by Gasteiger charge is -2.23. The molecule has 0 bridgehead atoms. The highest BCUT2D eigenvalue weighted by Gasteiger charge is 2.36. The molecule has 13 rings (SSSR count). The van der Waals surface area contributed by atoms with Gasteiger partial charge in [0.2, 0.25) is 0 Å². The van der Waals surface area contributed by atoms with Gasteiger partial charge in [-0.3, -0.25) is 0 Å². The summed E-state index contributed by atoms with van der Waals surface area (Å²) in [5, 5.41) is 7.61. The third-order valence-electron chi connectivity index (χ3n) is 13.4. The molecular weight excluding hydrogens is 727 g/mol. The molecule has 3 heterocycles. The average molecular weight is 766 g/mol. The third kappa shape index (κ3) is 4.55. The molecule has 1 aliphatic rings. The van der Waals surface area contributed by atoms with Crippen molar-refractivity contribution in [3.8, 4) is 39.3 Å². The van der Waals surface area contributed by atoms with Crippen LogP contribution in [0, 0.1) is 0 Å². The number of fused-ring (bicyclic) bond motifs is 12. The van der Waals surface area contributed by atoms with Gasteiger partial charge in [0.1, 0.15) is 0 Å². The minimum atomic E-state index is -0.191. The molecule has 0 N–H and O–H groups in total. The van der Waals surface area contributed by atoms with Gasteiger partial charge in [-0.25, -0.2) is 0 Å². The van der Waals surface area contributed by atoms with Crippen LogP contribution < -0.4 is 0 Å². The van der Waals surface area contributed by atoms with Gasteiger partial charge in [0, 0.05) is 54.8 Å². The van der Waals surface area contributed by atoms with Gasteiger partial charge in [0.05, 0.1) is 33.1 Å². The molecule has 0 aliphatic heterocycles. The summed E-state index contributed by atoms with van der Waals surface area (Å²) in [5.41, 5.74) is 18.5. The fourth-order valence-corrected chi connectivity index (χ4v) is 10.6. The molecule has 0 saturated carbocycles. The van der Waals surface area contributed by atoms with Crippen LogP contribution >= 0.6 is 0 Å². The SMILES string of the molecule is CC1(C)c2cc(-n3c4ccccc4c4ccccc43)ccc2-c2ccc(-n3c4ccccc4c4cc(-c5ccc6c(c5)c5ccccc5n6-c5ccccc5)ccc43)cc21. The van der Waals surface area contributed by atoms with Crippen LogP contribution in [-0.2, 0) is 5.41 Å². The summed E-state index contributed by atoms with van der Waals surface area (Å²) in [4.78, 5) is 0. The lowest BCUT2D eigenvalue weighted by molar-refractivity contribution is 0.659. The summed E-state index contributed by atoms with van der Waals surface area (Å²) in [6.45, 7) is 4.78. The zero-order valence-corrected chi connectivity index (χ0v) is 33.4. The van der Waals surface area contributed by atoms with E-state index in [-0.39, 0.29) is 5.41 Å². The Balaban J connectivity index is 0.931. The van der Waals surface area contributed by atoms with Crippen molar-refractivity contribution in [1.29, 1.82) is 0 Å². The first kappa shape index (κ1) is 33.4. The van der Waals surface area contributed by atoms with Gasteiger partial charge < -0.3 is 13.7 Å². The van der Waals surface area contributed by atoms with E-state index in [1.54, 1.807) is 0 Å². The zero-order valence-electron chi connectivity index (χ0n) is 33.4. The van der Waals surface area contributed by atoms with Gasteiger partial charge in [-0.2, -0.15) is 0 Å². The predicted octanol–water partition coefficient (Wildman–Crippen LogP) is 15.0. The first-order valence-electron chi connectivity index (χ1n) is 20.9. The van der Waals surface area contributed by atoms with E-state index in [2.05, 4.69) is 228 Å². The van der Waals surface area contributed by atoms with E-state index in [1.807, 2.05) is 0 Å². The summed E-state index contributed by atoms with van der Waals surface area (Å²) >= 11 is 0. The molecule has 3 heteroatoms. The molecule has 60 heavy (non-hydrogen) atoms. The monoisotopic (exact) mass is 765 g/mol. The Hall–Kier alpha value is -7.62. The number of nitrogens with zero attached hydrogens (tertiary/aromatic N) is 3. The van der Waals surface area contributed by atoms with Crippen molar-refractivity contribution in [2.75, 3.05) is 0 Å². The van der Waals surface area contributed by atoms with Crippen molar-refractivity contribution in [2.45, 2.75) is 19.3 Å². The fourth-order valence-electron chi connectivity index (χ4n) is 10.6. The molecule has 12 aromatic rings. The summed E-state index contributed by atoms with van der Waals surface area (Å²) in [6, 6.07) is 74.1. The molecule has 0 spiro atoms. The lowest BCUT2D eigenvalue weighted by atomic mass is 9.82. The van der Waals surface area contributed by atoms with E-state index in [0.717, 1.165) is 0 Å². The number of aromatic nitrogens is 3. The van der Waals surface area contributed by atoms with Crippen LogP contribution in [0.5, 0.6) is 0 Å². The van der Waals surface area contributed by atoms with E-state index in [9.17, 15) is 0 Å². The standard InChI is InChI=1S/C57H39N3/c1-57(2)49-34-39(59-51-20-10-6-16-43(51)44-17-7-11-21-52(44)59)26-28-41(49)42-29-27-40(35-50(42)57)60-54-23-13-9-19-46(54)48-33-37(25-31-56(48)60)36-24-30-55-47(32-36)45-18-8-12-22-53(45)58(55)38-14-4-3-5-15-38/h3-35H,1-2H3. The van der Waals surface area contributed by atoms with Crippen LogP contribution in [0.1, 0.15) is 25.0 Å². The molecule has 0 unspecified atom stereocenters. The molecule has 0 saturated heterocycles. The van der Waals surface area contributed by atoms with Crippen molar-refractivity contribution in [2.24, 2.45) is 0 Å². The van der Waals surface area contributed by atoms with Crippen LogP contribution in [0.4, 0.5) is 0 Å². The third-order valence-corrected chi connectivity index (χ3v) is 13.4. The Morgan fingerprint density at radius 2 is 0.633 bits per heavy atom. The van der Waals surface area contributed by atoms with Crippen molar-refractivity contribution in [3.63, 3.8) is 0 Å². The Morgan fingerprint density at radius 1 is 0.283 bits per heavy atom. The number of hydrogen-bond donors (Lipinski definition) is 0. The van der Waals surface area contributed by atoms with Crippen LogP contribution in [0.15, 0.2) is 200 Å². The summed E-state index contributed by atoms with van der Waals surface area (Å²) in [7, 11) is 0. The van der Waals surface area contributed by atoms with Crippen LogP contribution in [-0.4, -0.2) is 13.7 Å². The van der Waals surface area contributed by atoms with Crippen molar-refractivity contribution < 1.29 is 0 Å². The summed E-state index contributed by atoms with van der Waals surface area (Å²) in [5.74, 6) is 0. The van der Waals surface area contributed by atoms with Crippen molar-refractivity contribution >= 4 is 65.4 Å². The quantitative estimate of drug-likeness (QED) is 0.169. The fraction of sp³-hybridized carbons (Fsp3) is 0.0526. The van der Waals surface area contributed by atoms with Crippen molar-refractivity contribution in [3.05, 3.63) is 211 Å². The maximum absolute atomic E-state index is 2.47. The number of para-hydroxylation sites is 5. The molecule has 0 radical (unpaired) electrons. The normalized spacial score (nSPS) is 13.3. The van der Waals surface area contributed by atoms with Gasteiger partial charge in [-0.05, 0) is 118 Å². The first-order chi connectivity index (χ1) is 29.5. The second kappa shape index (κ2) is 12.2. The number of hydrogen-bond acceptors (Lipinski definition) is 0. The average Bonchev–Trinajstić information content (AvgIpc) is 3.99. The largest absolute Gasteiger partial charge is 0.309 e. The summed E-state index contributed by atoms with van der Waals surface area (Å²) < 4.78 is 7.28. The minimum Gasteiger partial charge on any atom is -0.309 e. The highest BCUT2D eigenvalue weighted by Crippen LogP contribution is 2.51. The van der Waals surface area contributed by atoms with Gasteiger partial charge in [-0.15, -0.1) is 0 Å². The topological polar surface area (TPSA) is 14.8 Å². The molecule has 0 fully saturated rings. The van der Waals surface area contributed by atoms with E-state index in [4.69, 9.17) is 0 Å². The summed E-state index contributed by atoms with van der Waals surface area (Å²) in [6.07, 6.45) is 0. The zero-order chi connectivity index (χ0) is 39.7. The van der Waals surface area contributed by atoms with Gasteiger partial charge in [0.25, 0.3) is 0 Å². The minimum absolute atomic E-state index is 0.191. The molecule has 3 nitrogen and oxygen atoms in total. The van der Waals surface area contributed by atoms with Crippen LogP contribution in [0.2, 0.25) is 0 Å². The maximum Gasteiger partial charge on any atom is 0.0541 e. The van der Waals surface area contributed by atoms with Gasteiger partial charge in [0.15, 0.2) is 0 Å². The Bertz CT molecular complexity index is 3690. The maximum atomic E-state index is 2.47. The number of benzene rings is 9. The number of rotatable bonds is 4.